The van der Waals surface area contributed by atoms with Crippen molar-refractivity contribution >= 4 is 5.82 Å². The van der Waals surface area contributed by atoms with E-state index in [1.807, 2.05) is 25.4 Å². The molecule has 0 bridgehead atoms. The molecule has 3 aromatic rings. The average molecular weight is 362 g/mol. The van der Waals surface area contributed by atoms with Crippen LogP contribution in [0.4, 0.5) is 5.82 Å². The second kappa shape index (κ2) is 8.31. The van der Waals surface area contributed by atoms with Crippen LogP contribution in [-0.2, 0) is 6.54 Å². The van der Waals surface area contributed by atoms with Crippen LogP contribution in [0.25, 0.3) is 11.4 Å². The second-order valence-electron chi connectivity index (χ2n) is 7.09. The molecule has 0 saturated carbocycles. The molecule has 4 rings (SSSR count). The Morgan fingerprint density at radius 3 is 2.93 bits per heavy atom. The maximum Gasteiger partial charge on any atom is 0.145 e. The fraction of sp³-hybridized carbons (Fsp3) is 0.381. The molecule has 1 aromatic carbocycles. The molecule has 1 unspecified atom stereocenters. The Morgan fingerprint density at radius 2 is 2.04 bits per heavy atom. The number of hydrogen-bond acceptors (Lipinski definition) is 5. The average Bonchev–Trinajstić information content (AvgIpc) is 2.89. The SMILES string of the molecule is Cc1ncc(-c2cncc(NC3CCCCNC3)n2)n1Cc1ccccc1. The van der Waals surface area contributed by atoms with Gasteiger partial charge in [0.05, 0.1) is 24.3 Å². The molecular weight excluding hydrogens is 336 g/mol. The van der Waals surface area contributed by atoms with Gasteiger partial charge in [-0.2, -0.15) is 0 Å². The summed E-state index contributed by atoms with van der Waals surface area (Å²) in [5.41, 5.74) is 3.08. The Labute approximate surface area is 160 Å². The van der Waals surface area contributed by atoms with Crippen molar-refractivity contribution in [2.45, 2.75) is 38.8 Å². The normalized spacial score (nSPS) is 17.4. The molecule has 1 fully saturated rings. The molecule has 0 aliphatic carbocycles. The van der Waals surface area contributed by atoms with Gasteiger partial charge in [-0.05, 0) is 31.9 Å². The second-order valence-corrected chi connectivity index (χ2v) is 7.09. The molecule has 1 saturated heterocycles. The summed E-state index contributed by atoms with van der Waals surface area (Å²) in [5.74, 6) is 1.80. The van der Waals surface area contributed by atoms with Gasteiger partial charge in [0.25, 0.3) is 0 Å². The molecule has 2 aromatic heterocycles. The highest BCUT2D eigenvalue weighted by atomic mass is 15.1. The minimum absolute atomic E-state index is 0.396. The number of benzene rings is 1. The van der Waals surface area contributed by atoms with E-state index >= 15 is 0 Å². The molecule has 3 heterocycles. The Kier molecular flexibility index (Phi) is 5.44. The molecule has 1 atom stereocenters. The highest BCUT2D eigenvalue weighted by molar-refractivity contribution is 5.56. The van der Waals surface area contributed by atoms with Gasteiger partial charge in [0.2, 0.25) is 0 Å². The standard InChI is InChI=1S/C21H26N6/c1-16-24-13-20(27(16)15-17-7-3-2-4-8-17)19-12-23-14-21(26-19)25-18-9-5-6-10-22-11-18/h2-4,7-8,12-14,18,22H,5-6,9-11,15H2,1H3,(H,25,26). The molecule has 6 nitrogen and oxygen atoms in total. The van der Waals surface area contributed by atoms with Crippen molar-refractivity contribution in [3.8, 4) is 11.4 Å². The number of nitrogens with zero attached hydrogens (tertiary/aromatic N) is 4. The zero-order valence-electron chi connectivity index (χ0n) is 15.7. The molecule has 140 valence electrons. The molecule has 0 spiro atoms. The van der Waals surface area contributed by atoms with Gasteiger partial charge in [0.1, 0.15) is 17.3 Å². The van der Waals surface area contributed by atoms with Gasteiger partial charge < -0.3 is 15.2 Å². The summed E-state index contributed by atoms with van der Waals surface area (Å²) in [6.07, 6.45) is 9.14. The van der Waals surface area contributed by atoms with E-state index in [-0.39, 0.29) is 0 Å². The van der Waals surface area contributed by atoms with Crippen LogP contribution in [0.1, 0.15) is 30.7 Å². The molecule has 1 aliphatic rings. The minimum Gasteiger partial charge on any atom is -0.365 e. The third-order valence-corrected chi connectivity index (χ3v) is 5.03. The lowest BCUT2D eigenvalue weighted by Crippen LogP contribution is -2.31. The van der Waals surface area contributed by atoms with Crippen LogP contribution in [0.15, 0.2) is 48.9 Å². The maximum atomic E-state index is 4.82. The van der Waals surface area contributed by atoms with E-state index in [0.29, 0.717) is 6.04 Å². The quantitative estimate of drug-likeness (QED) is 0.729. The fourth-order valence-electron chi connectivity index (χ4n) is 3.55. The largest absolute Gasteiger partial charge is 0.365 e. The molecule has 27 heavy (non-hydrogen) atoms. The zero-order chi connectivity index (χ0) is 18.5. The van der Waals surface area contributed by atoms with Crippen molar-refractivity contribution in [3.05, 3.63) is 60.3 Å². The van der Waals surface area contributed by atoms with Crippen molar-refractivity contribution in [2.75, 3.05) is 18.4 Å². The monoisotopic (exact) mass is 362 g/mol. The molecule has 6 heteroatoms. The van der Waals surface area contributed by atoms with E-state index in [1.54, 1.807) is 6.20 Å². The number of hydrogen-bond donors (Lipinski definition) is 2. The first-order chi connectivity index (χ1) is 13.3. The third kappa shape index (κ3) is 4.34. The number of aromatic nitrogens is 4. The topological polar surface area (TPSA) is 67.7 Å². The van der Waals surface area contributed by atoms with Crippen LogP contribution in [0.2, 0.25) is 0 Å². The first kappa shape index (κ1) is 17.7. The fourth-order valence-corrected chi connectivity index (χ4v) is 3.55. The maximum absolute atomic E-state index is 4.82. The van der Waals surface area contributed by atoms with E-state index < -0.39 is 0 Å². The number of rotatable bonds is 5. The Morgan fingerprint density at radius 1 is 1.15 bits per heavy atom. The summed E-state index contributed by atoms with van der Waals surface area (Å²) in [7, 11) is 0. The number of nitrogens with one attached hydrogen (secondary N) is 2. The highest BCUT2D eigenvalue weighted by Crippen LogP contribution is 2.21. The van der Waals surface area contributed by atoms with Crippen LogP contribution in [-0.4, -0.2) is 38.7 Å². The summed E-state index contributed by atoms with van der Waals surface area (Å²) < 4.78 is 2.19. The third-order valence-electron chi connectivity index (χ3n) is 5.03. The van der Waals surface area contributed by atoms with E-state index in [0.717, 1.165) is 49.1 Å². The van der Waals surface area contributed by atoms with E-state index in [4.69, 9.17) is 4.98 Å². The Hall–Kier alpha value is -2.73. The number of anilines is 1. The van der Waals surface area contributed by atoms with Crippen LogP contribution in [0.5, 0.6) is 0 Å². The van der Waals surface area contributed by atoms with Crippen LogP contribution in [0.3, 0.4) is 0 Å². The van der Waals surface area contributed by atoms with Crippen LogP contribution >= 0.6 is 0 Å². The summed E-state index contributed by atoms with van der Waals surface area (Å²) in [5, 5.41) is 7.02. The molecular formula is C21H26N6. The summed E-state index contributed by atoms with van der Waals surface area (Å²) in [4.78, 5) is 13.8. The van der Waals surface area contributed by atoms with E-state index in [1.165, 1.54) is 18.4 Å². The lowest BCUT2D eigenvalue weighted by molar-refractivity contribution is 0.633. The lowest BCUT2D eigenvalue weighted by Gasteiger charge is -2.17. The van der Waals surface area contributed by atoms with E-state index in [9.17, 15) is 0 Å². The number of aryl methyl sites for hydroxylation is 1. The molecule has 0 radical (unpaired) electrons. The van der Waals surface area contributed by atoms with Gasteiger partial charge >= 0.3 is 0 Å². The molecule has 1 aliphatic heterocycles. The molecule has 0 amide bonds. The van der Waals surface area contributed by atoms with Crippen molar-refractivity contribution in [3.63, 3.8) is 0 Å². The van der Waals surface area contributed by atoms with Gasteiger partial charge in [-0.15, -0.1) is 0 Å². The van der Waals surface area contributed by atoms with Crippen LogP contribution < -0.4 is 10.6 Å². The van der Waals surface area contributed by atoms with Crippen molar-refractivity contribution < 1.29 is 0 Å². The van der Waals surface area contributed by atoms with Gasteiger partial charge in [-0.3, -0.25) is 4.98 Å². The molecule has 2 N–H and O–H groups in total. The number of imidazole rings is 1. The van der Waals surface area contributed by atoms with Gasteiger partial charge in [-0.25, -0.2) is 9.97 Å². The van der Waals surface area contributed by atoms with Crippen molar-refractivity contribution in [1.29, 1.82) is 0 Å². The summed E-state index contributed by atoms with van der Waals surface area (Å²) >= 11 is 0. The van der Waals surface area contributed by atoms with Gasteiger partial charge in [-0.1, -0.05) is 36.8 Å². The first-order valence-corrected chi connectivity index (χ1v) is 9.65. The highest BCUT2D eigenvalue weighted by Gasteiger charge is 2.15. The predicted octanol–water partition coefficient (Wildman–Crippen LogP) is 3.25. The van der Waals surface area contributed by atoms with Crippen LogP contribution in [0, 0.1) is 6.92 Å². The Bertz CT molecular complexity index is 865. The summed E-state index contributed by atoms with van der Waals surface area (Å²) in [6, 6.07) is 10.8. The van der Waals surface area contributed by atoms with Gasteiger partial charge in [0.15, 0.2) is 0 Å². The Balaban J connectivity index is 1.57. The lowest BCUT2D eigenvalue weighted by atomic mass is 10.1. The minimum atomic E-state index is 0.396. The van der Waals surface area contributed by atoms with Crippen molar-refractivity contribution in [1.82, 2.24) is 24.8 Å². The summed E-state index contributed by atoms with van der Waals surface area (Å²) in [6.45, 7) is 4.87. The van der Waals surface area contributed by atoms with Crippen molar-refractivity contribution in [2.24, 2.45) is 0 Å². The van der Waals surface area contributed by atoms with Gasteiger partial charge in [0, 0.05) is 19.1 Å². The zero-order valence-corrected chi connectivity index (χ0v) is 15.7. The smallest absolute Gasteiger partial charge is 0.145 e. The first-order valence-electron chi connectivity index (χ1n) is 9.65. The van der Waals surface area contributed by atoms with E-state index in [2.05, 4.69) is 49.4 Å². The predicted molar refractivity (Wildman–Crippen MR) is 108 cm³/mol.